The molecule has 2 rings (SSSR count). The predicted octanol–water partition coefficient (Wildman–Crippen LogP) is 3.50. The molecule has 0 saturated carbocycles. The number of nitrogens with one attached hydrogen (secondary N) is 2. The first-order chi connectivity index (χ1) is 12.3. The van der Waals surface area contributed by atoms with Crippen LogP contribution in [0.3, 0.4) is 0 Å². The second-order valence-corrected chi connectivity index (χ2v) is 5.49. The van der Waals surface area contributed by atoms with Crippen molar-refractivity contribution < 1.29 is 22.7 Å². The van der Waals surface area contributed by atoms with Gasteiger partial charge in [-0.1, -0.05) is 12.1 Å². The maximum atomic E-state index is 13.0. The summed E-state index contributed by atoms with van der Waals surface area (Å²) in [6, 6.07) is 6.18. The van der Waals surface area contributed by atoms with Crippen molar-refractivity contribution in [2.45, 2.75) is 19.5 Å². The van der Waals surface area contributed by atoms with Crippen LogP contribution in [-0.2, 0) is 10.9 Å². The number of rotatable bonds is 7. The topological polar surface area (TPSA) is 76.1 Å². The maximum Gasteiger partial charge on any atom is 0.418 e. The van der Waals surface area contributed by atoms with Crippen molar-refractivity contribution in [2.24, 2.45) is 0 Å². The Labute approximate surface area is 148 Å². The molecule has 1 aromatic heterocycles. The Kier molecular flexibility index (Phi) is 6.51. The van der Waals surface area contributed by atoms with Gasteiger partial charge in [-0.2, -0.15) is 13.2 Å². The highest BCUT2D eigenvalue weighted by atomic mass is 19.4. The summed E-state index contributed by atoms with van der Waals surface area (Å²) in [7, 11) is 1.59. The molecule has 0 aliphatic heterocycles. The average Bonchev–Trinajstić information content (AvgIpc) is 2.58. The Morgan fingerprint density at radius 2 is 1.96 bits per heavy atom. The molecule has 0 aliphatic carbocycles. The van der Waals surface area contributed by atoms with Gasteiger partial charge in [0.25, 0.3) is 5.91 Å². The van der Waals surface area contributed by atoms with Crippen LogP contribution >= 0.6 is 0 Å². The van der Waals surface area contributed by atoms with Gasteiger partial charge < -0.3 is 15.4 Å². The van der Waals surface area contributed by atoms with E-state index < -0.39 is 17.6 Å². The quantitative estimate of drug-likeness (QED) is 0.732. The molecule has 2 aromatic rings. The van der Waals surface area contributed by atoms with Crippen LogP contribution in [0.25, 0.3) is 0 Å². The number of carbonyl (C=O) groups is 1. The largest absolute Gasteiger partial charge is 0.418 e. The first kappa shape index (κ1) is 19.6. The number of anilines is 2. The lowest BCUT2D eigenvalue weighted by Gasteiger charge is -2.13. The minimum atomic E-state index is -4.57. The Hall–Kier alpha value is -2.68. The average molecular weight is 368 g/mol. The van der Waals surface area contributed by atoms with E-state index in [2.05, 4.69) is 20.6 Å². The molecule has 0 atom stereocenters. The van der Waals surface area contributed by atoms with Crippen LogP contribution in [0.2, 0.25) is 0 Å². The van der Waals surface area contributed by atoms with Gasteiger partial charge in [0.1, 0.15) is 5.69 Å². The van der Waals surface area contributed by atoms with Crippen molar-refractivity contribution in [3.63, 3.8) is 0 Å². The van der Waals surface area contributed by atoms with E-state index in [9.17, 15) is 18.0 Å². The third kappa shape index (κ3) is 5.41. The molecule has 26 heavy (non-hydrogen) atoms. The molecule has 0 fully saturated rings. The summed E-state index contributed by atoms with van der Waals surface area (Å²) in [5.74, 6) is -0.512. The lowest BCUT2D eigenvalue weighted by Crippen LogP contribution is -2.19. The normalized spacial score (nSPS) is 11.3. The van der Waals surface area contributed by atoms with Gasteiger partial charge >= 0.3 is 6.18 Å². The zero-order valence-corrected chi connectivity index (χ0v) is 14.4. The Bertz CT molecular complexity index is 766. The SMILES string of the molecule is COCCCNc1nc(C)cc(C(=O)Nc2ccccc2C(F)(F)F)n1. The third-order valence-corrected chi connectivity index (χ3v) is 3.38. The summed E-state index contributed by atoms with van der Waals surface area (Å²) in [6.45, 7) is 2.76. The summed E-state index contributed by atoms with van der Waals surface area (Å²) in [6.07, 6.45) is -3.85. The second kappa shape index (κ2) is 8.61. The van der Waals surface area contributed by atoms with Crippen LogP contribution in [0.5, 0.6) is 0 Å². The van der Waals surface area contributed by atoms with Crippen molar-refractivity contribution in [3.8, 4) is 0 Å². The van der Waals surface area contributed by atoms with Crippen LogP contribution in [0.15, 0.2) is 30.3 Å². The summed E-state index contributed by atoms with van der Waals surface area (Å²) >= 11 is 0. The summed E-state index contributed by atoms with van der Waals surface area (Å²) < 4.78 is 44.0. The highest BCUT2D eigenvalue weighted by Gasteiger charge is 2.33. The third-order valence-electron chi connectivity index (χ3n) is 3.38. The number of hydrogen-bond donors (Lipinski definition) is 2. The van der Waals surface area contributed by atoms with Crippen LogP contribution in [0.1, 0.15) is 28.2 Å². The lowest BCUT2D eigenvalue weighted by molar-refractivity contribution is -0.136. The van der Waals surface area contributed by atoms with Crippen LogP contribution in [-0.4, -0.2) is 36.1 Å². The Morgan fingerprint density at radius 3 is 2.65 bits per heavy atom. The number of carbonyl (C=O) groups excluding carboxylic acids is 1. The standard InChI is InChI=1S/C17H19F3N4O2/c1-11-10-14(24-16(22-11)21-8-5-9-26-2)15(25)23-13-7-4-3-6-12(13)17(18,19)20/h3-4,6-7,10H,5,8-9H2,1-2H3,(H,23,25)(H,21,22,24). The number of halogens is 3. The molecule has 0 spiro atoms. The van der Waals surface area contributed by atoms with Gasteiger partial charge in [-0.3, -0.25) is 4.79 Å². The molecule has 0 radical (unpaired) electrons. The Balaban J connectivity index is 2.16. The second-order valence-electron chi connectivity index (χ2n) is 5.49. The monoisotopic (exact) mass is 368 g/mol. The van der Waals surface area contributed by atoms with Crippen LogP contribution in [0, 0.1) is 6.92 Å². The van der Waals surface area contributed by atoms with Crippen molar-refractivity contribution in [1.29, 1.82) is 0 Å². The number of amides is 1. The maximum absolute atomic E-state index is 13.0. The van der Waals surface area contributed by atoms with Crippen LogP contribution < -0.4 is 10.6 Å². The summed E-state index contributed by atoms with van der Waals surface area (Å²) in [5, 5.41) is 5.22. The number of ether oxygens (including phenoxy) is 1. The fraction of sp³-hybridized carbons (Fsp3) is 0.353. The summed E-state index contributed by atoms with van der Waals surface area (Å²) in [5.41, 5.74) is -0.750. The van der Waals surface area contributed by atoms with Gasteiger partial charge in [-0.15, -0.1) is 0 Å². The number of hydrogen-bond acceptors (Lipinski definition) is 5. The van der Waals surface area contributed by atoms with E-state index in [1.807, 2.05) is 0 Å². The van der Waals surface area contributed by atoms with E-state index in [0.717, 1.165) is 6.07 Å². The molecular weight excluding hydrogens is 349 g/mol. The zero-order valence-electron chi connectivity index (χ0n) is 14.4. The number of nitrogens with zero attached hydrogens (tertiary/aromatic N) is 2. The van der Waals surface area contributed by atoms with Crippen molar-refractivity contribution in [2.75, 3.05) is 30.9 Å². The number of alkyl halides is 3. The van der Waals surface area contributed by atoms with Crippen molar-refractivity contribution in [3.05, 3.63) is 47.3 Å². The van der Waals surface area contributed by atoms with Crippen molar-refractivity contribution in [1.82, 2.24) is 9.97 Å². The van der Waals surface area contributed by atoms with E-state index in [1.54, 1.807) is 14.0 Å². The zero-order chi connectivity index (χ0) is 19.2. The van der Waals surface area contributed by atoms with E-state index in [4.69, 9.17) is 4.74 Å². The van der Waals surface area contributed by atoms with Gasteiger partial charge in [-0.25, -0.2) is 9.97 Å². The molecule has 0 bridgehead atoms. The molecule has 0 aliphatic rings. The number of aromatic nitrogens is 2. The number of para-hydroxylation sites is 1. The fourth-order valence-corrected chi connectivity index (χ4v) is 2.21. The smallest absolute Gasteiger partial charge is 0.385 e. The number of aryl methyl sites for hydroxylation is 1. The van der Waals surface area contributed by atoms with E-state index in [-0.39, 0.29) is 17.3 Å². The minimum Gasteiger partial charge on any atom is -0.385 e. The first-order valence-electron chi connectivity index (χ1n) is 7.87. The number of methoxy groups -OCH3 is 1. The molecule has 6 nitrogen and oxygen atoms in total. The van der Waals surface area contributed by atoms with E-state index in [1.165, 1.54) is 24.3 Å². The molecular formula is C17H19F3N4O2. The summed E-state index contributed by atoms with van der Waals surface area (Å²) in [4.78, 5) is 20.6. The minimum absolute atomic E-state index is 0.0243. The number of benzene rings is 1. The molecule has 0 saturated heterocycles. The molecule has 1 aromatic carbocycles. The highest BCUT2D eigenvalue weighted by Crippen LogP contribution is 2.34. The molecule has 9 heteroatoms. The molecule has 1 amide bonds. The fourth-order valence-electron chi connectivity index (χ4n) is 2.21. The van der Waals surface area contributed by atoms with Gasteiger partial charge in [0, 0.05) is 26.0 Å². The van der Waals surface area contributed by atoms with Crippen molar-refractivity contribution >= 4 is 17.5 Å². The van der Waals surface area contributed by atoms with E-state index >= 15 is 0 Å². The highest BCUT2D eigenvalue weighted by molar-refractivity contribution is 6.03. The van der Waals surface area contributed by atoms with Gasteiger partial charge in [0.15, 0.2) is 0 Å². The molecule has 1 heterocycles. The van der Waals surface area contributed by atoms with Gasteiger partial charge in [-0.05, 0) is 31.5 Å². The van der Waals surface area contributed by atoms with E-state index in [0.29, 0.717) is 25.3 Å². The predicted molar refractivity (Wildman–Crippen MR) is 91.1 cm³/mol. The lowest BCUT2D eigenvalue weighted by atomic mass is 10.1. The Morgan fingerprint density at radius 1 is 1.23 bits per heavy atom. The van der Waals surface area contributed by atoms with Gasteiger partial charge in [0.2, 0.25) is 5.95 Å². The molecule has 2 N–H and O–H groups in total. The first-order valence-corrected chi connectivity index (χ1v) is 7.87. The van der Waals surface area contributed by atoms with Crippen LogP contribution in [0.4, 0.5) is 24.8 Å². The molecule has 0 unspecified atom stereocenters. The van der Waals surface area contributed by atoms with Gasteiger partial charge in [0.05, 0.1) is 11.3 Å². The molecule has 140 valence electrons.